The number of aromatic nitrogens is 2. The van der Waals surface area contributed by atoms with Gasteiger partial charge >= 0.3 is 0 Å². The summed E-state index contributed by atoms with van der Waals surface area (Å²) < 4.78 is 39.4. The number of hydrogen-bond acceptors (Lipinski definition) is 4. The van der Waals surface area contributed by atoms with E-state index in [0.29, 0.717) is 10.9 Å². The maximum atomic E-state index is 14.1. The first-order valence-corrected chi connectivity index (χ1v) is 9.48. The second-order valence-corrected chi connectivity index (χ2v) is 7.45. The van der Waals surface area contributed by atoms with Crippen molar-refractivity contribution in [2.24, 2.45) is 10.9 Å². The highest BCUT2D eigenvalue weighted by Gasteiger charge is 2.19. The van der Waals surface area contributed by atoms with Crippen LogP contribution in [0.25, 0.3) is 22.0 Å². The van der Waals surface area contributed by atoms with Gasteiger partial charge in [0.25, 0.3) is 0 Å². The van der Waals surface area contributed by atoms with E-state index < -0.39 is 10.0 Å². The van der Waals surface area contributed by atoms with Crippen LogP contribution in [0.5, 0.6) is 0 Å². The summed E-state index contributed by atoms with van der Waals surface area (Å²) in [5.41, 5.74) is 8.57. The molecular weight excluding hydrogens is 355 g/mol. The minimum Gasteiger partial charge on any atom is -0.337 e. The molecule has 0 saturated carbocycles. The summed E-state index contributed by atoms with van der Waals surface area (Å²) in [5, 5.41) is 5.96. The summed E-state index contributed by atoms with van der Waals surface area (Å²) in [6, 6.07) is 8.23. The Morgan fingerprint density at radius 3 is 2.58 bits per heavy atom. The van der Waals surface area contributed by atoms with Crippen molar-refractivity contribution < 1.29 is 12.8 Å². The molecule has 1 aromatic carbocycles. The molecule has 2 heterocycles. The Labute approximate surface area is 151 Å². The molecule has 0 saturated heterocycles. The predicted molar refractivity (Wildman–Crippen MR) is 99.5 cm³/mol. The quantitative estimate of drug-likeness (QED) is 0.716. The molecule has 136 valence electrons. The van der Waals surface area contributed by atoms with Gasteiger partial charge in [0, 0.05) is 41.1 Å². The Balaban J connectivity index is 2.33. The second kappa shape index (κ2) is 6.99. The first kappa shape index (κ1) is 18.2. The Hall–Kier alpha value is -2.55. The zero-order valence-corrected chi connectivity index (χ0v) is 15.0. The van der Waals surface area contributed by atoms with Gasteiger partial charge in [0.2, 0.25) is 10.0 Å². The molecule has 8 heteroatoms. The standard InChI is InChI=1S/C18H19FN4O2S/c1-12-18(13-5-8-22-9-6-13)16-10-15(26(21,24)25)2-3-17(16)23(12)11-14(19)4-7-20/h2-6,8-10H,7,11,20H2,1H3,(H2,21,24,25). The molecule has 26 heavy (non-hydrogen) atoms. The molecule has 0 radical (unpaired) electrons. The number of rotatable bonds is 5. The van der Waals surface area contributed by atoms with Crippen LogP contribution in [0.3, 0.4) is 0 Å². The predicted octanol–water partition coefficient (Wildman–Crippen LogP) is 2.47. The maximum absolute atomic E-state index is 14.1. The molecule has 0 fully saturated rings. The number of nitrogens with two attached hydrogens (primary N) is 2. The lowest BCUT2D eigenvalue weighted by Crippen LogP contribution is -2.11. The van der Waals surface area contributed by atoms with Crippen molar-refractivity contribution in [1.29, 1.82) is 0 Å². The number of primary sulfonamides is 1. The summed E-state index contributed by atoms with van der Waals surface area (Å²) >= 11 is 0. The van der Waals surface area contributed by atoms with Crippen LogP contribution in [-0.2, 0) is 16.6 Å². The molecule has 0 aliphatic carbocycles. The van der Waals surface area contributed by atoms with Crippen molar-refractivity contribution in [2.75, 3.05) is 6.54 Å². The third-order valence-corrected chi connectivity index (χ3v) is 5.15. The lowest BCUT2D eigenvalue weighted by Gasteiger charge is -2.07. The minimum absolute atomic E-state index is 0.00966. The molecule has 6 nitrogen and oxygen atoms in total. The fourth-order valence-electron chi connectivity index (χ4n) is 3.07. The van der Waals surface area contributed by atoms with E-state index in [4.69, 9.17) is 10.9 Å². The zero-order valence-electron chi connectivity index (χ0n) is 14.2. The molecule has 0 unspecified atom stereocenters. The highest BCUT2D eigenvalue weighted by atomic mass is 32.2. The maximum Gasteiger partial charge on any atom is 0.238 e. The van der Waals surface area contributed by atoms with E-state index in [2.05, 4.69) is 4.98 Å². The van der Waals surface area contributed by atoms with Crippen molar-refractivity contribution in [3.05, 3.63) is 60.3 Å². The second-order valence-electron chi connectivity index (χ2n) is 5.89. The van der Waals surface area contributed by atoms with Gasteiger partial charge in [0.1, 0.15) is 5.83 Å². The van der Waals surface area contributed by atoms with Gasteiger partial charge in [-0.05, 0) is 48.9 Å². The van der Waals surface area contributed by atoms with Gasteiger partial charge in [-0.1, -0.05) is 0 Å². The summed E-state index contributed by atoms with van der Waals surface area (Å²) in [6.07, 6.45) is 4.61. The van der Waals surface area contributed by atoms with Gasteiger partial charge in [0.05, 0.1) is 11.4 Å². The third-order valence-electron chi connectivity index (χ3n) is 4.24. The third kappa shape index (κ3) is 3.39. The van der Waals surface area contributed by atoms with Crippen molar-refractivity contribution >= 4 is 20.9 Å². The van der Waals surface area contributed by atoms with Gasteiger partial charge < -0.3 is 10.3 Å². The average molecular weight is 374 g/mol. The number of nitrogens with zero attached hydrogens (tertiary/aromatic N) is 2. The topological polar surface area (TPSA) is 104 Å². The number of sulfonamides is 1. The number of hydrogen-bond donors (Lipinski definition) is 2. The fraction of sp³-hybridized carbons (Fsp3) is 0.167. The lowest BCUT2D eigenvalue weighted by atomic mass is 10.0. The molecule has 0 atom stereocenters. The Morgan fingerprint density at radius 2 is 1.96 bits per heavy atom. The van der Waals surface area contributed by atoms with Gasteiger partial charge in [-0.2, -0.15) is 0 Å². The van der Waals surface area contributed by atoms with E-state index in [1.165, 1.54) is 18.2 Å². The van der Waals surface area contributed by atoms with E-state index in [1.54, 1.807) is 23.0 Å². The van der Waals surface area contributed by atoms with Gasteiger partial charge in [-0.25, -0.2) is 17.9 Å². The van der Waals surface area contributed by atoms with E-state index >= 15 is 0 Å². The average Bonchev–Trinajstić information content (AvgIpc) is 2.86. The van der Waals surface area contributed by atoms with Crippen LogP contribution >= 0.6 is 0 Å². The van der Waals surface area contributed by atoms with Crippen molar-refractivity contribution in [3.63, 3.8) is 0 Å². The van der Waals surface area contributed by atoms with E-state index in [1.807, 2.05) is 19.1 Å². The first-order valence-electron chi connectivity index (χ1n) is 7.93. The van der Waals surface area contributed by atoms with Crippen LogP contribution in [0.2, 0.25) is 0 Å². The van der Waals surface area contributed by atoms with Gasteiger partial charge in [-0.15, -0.1) is 0 Å². The number of fused-ring (bicyclic) bond motifs is 1. The van der Waals surface area contributed by atoms with Crippen LogP contribution in [0.1, 0.15) is 5.69 Å². The van der Waals surface area contributed by atoms with Gasteiger partial charge in [0.15, 0.2) is 0 Å². The molecule has 0 amide bonds. The number of halogens is 1. The van der Waals surface area contributed by atoms with Crippen LogP contribution < -0.4 is 10.9 Å². The molecule has 4 N–H and O–H groups in total. The van der Waals surface area contributed by atoms with Crippen molar-refractivity contribution in [3.8, 4) is 11.1 Å². The Kier molecular flexibility index (Phi) is 4.90. The minimum atomic E-state index is -3.85. The molecule has 3 aromatic rings. The van der Waals surface area contributed by atoms with Crippen molar-refractivity contribution in [2.45, 2.75) is 18.4 Å². The van der Waals surface area contributed by atoms with Crippen LogP contribution in [-0.4, -0.2) is 24.5 Å². The monoisotopic (exact) mass is 374 g/mol. The molecule has 2 aromatic heterocycles. The molecular formula is C18H19FN4O2S. The summed E-state index contributed by atoms with van der Waals surface area (Å²) in [4.78, 5) is 4.02. The van der Waals surface area contributed by atoms with Gasteiger partial charge in [-0.3, -0.25) is 4.98 Å². The van der Waals surface area contributed by atoms with Crippen molar-refractivity contribution in [1.82, 2.24) is 9.55 Å². The Bertz CT molecular complexity index is 1090. The Morgan fingerprint density at radius 1 is 1.27 bits per heavy atom. The normalized spacial score (nSPS) is 12.7. The number of benzene rings is 1. The first-order chi connectivity index (χ1) is 12.3. The highest BCUT2D eigenvalue weighted by molar-refractivity contribution is 7.89. The summed E-state index contributed by atoms with van der Waals surface area (Å²) in [7, 11) is -3.85. The molecule has 0 spiro atoms. The highest BCUT2D eigenvalue weighted by Crippen LogP contribution is 2.36. The van der Waals surface area contributed by atoms with Crippen LogP contribution in [0.4, 0.5) is 4.39 Å². The van der Waals surface area contributed by atoms with Crippen LogP contribution in [0, 0.1) is 6.92 Å². The van der Waals surface area contributed by atoms with E-state index in [0.717, 1.165) is 16.8 Å². The smallest absolute Gasteiger partial charge is 0.238 e. The van der Waals surface area contributed by atoms with E-state index in [9.17, 15) is 12.8 Å². The van der Waals surface area contributed by atoms with E-state index in [-0.39, 0.29) is 23.8 Å². The molecule has 0 aliphatic heterocycles. The fourth-order valence-corrected chi connectivity index (χ4v) is 3.61. The van der Waals surface area contributed by atoms with Crippen LogP contribution in [0.15, 0.2) is 59.5 Å². The zero-order chi connectivity index (χ0) is 18.9. The molecule has 0 aliphatic rings. The molecule has 3 rings (SSSR count). The largest absolute Gasteiger partial charge is 0.337 e. The summed E-state index contributed by atoms with van der Waals surface area (Å²) in [5.74, 6) is -0.357. The number of allylic oxidation sites excluding steroid dienone is 1. The summed E-state index contributed by atoms with van der Waals surface area (Å²) in [6.45, 7) is 1.98. The lowest BCUT2D eigenvalue weighted by molar-refractivity contribution is 0.555. The number of pyridine rings is 1. The SMILES string of the molecule is Cc1c(-c2ccncc2)c2cc(S(N)(=O)=O)ccc2n1CC(F)=CCN. The molecule has 0 bridgehead atoms.